The lowest BCUT2D eigenvalue weighted by molar-refractivity contribution is 0.0896. The van der Waals surface area contributed by atoms with Gasteiger partial charge in [0, 0.05) is 29.6 Å². The summed E-state index contributed by atoms with van der Waals surface area (Å²) in [7, 11) is 0. The van der Waals surface area contributed by atoms with Crippen LogP contribution in [0, 0.1) is 5.41 Å². The number of nitrogens with one attached hydrogen (secondary N) is 3. The molecule has 35 heavy (non-hydrogen) atoms. The molecular weight excluding hydrogens is 444 g/mol. The number of aromatic nitrogens is 4. The van der Waals surface area contributed by atoms with Crippen LogP contribution in [0.5, 0.6) is 0 Å². The summed E-state index contributed by atoms with van der Waals surface area (Å²) in [5.41, 5.74) is 9.52. The highest BCUT2D eigenvalue weighted by Gasteiger charge is 2.27. The fraction of sp³-hybridized carbons (Fsp3) is 0.360. The number of nitrogens with two attached hydrogens (primary N) is 1. The number of benzene rings is 1. The Morgan fingerprint density at radius 2 is 2.06 bits per heavy atom. The van der Waals surface area contributed by atoms with Crippen LogP contribution >= 0.6 is 0 Å². The molecule has 182 valence electrons. The van der Waals surface area contributed by atoms with Crippen LogP contribution in [0.15, 0.2) is 46.8 Å². The Morgan fingerprint density at radius 1 is 1.23 bits per heavy atom. The molecule has 0 bridgehead atoms. The van der Waals surface area contributed by atoms with E-state index in [0.717, 1.165) is 48.7 Å². The molecule has 10 heteroatoms. The van der Waals surface area contributed by atoms with Gasteiger partial charge in [-0.25, -0.2) is 9.97 Å². The third-order valence-electron chi connectivity index (χ3n) is 5.82. The molecule has 1 atom stereocenters. The van der Waals surface area contributed by atoms with Crippen LogP contribution in [-0.4, -0.2) is 32.3 Å². The zero-order valence-corrected chi connectivity index (χ0v) is 20.1. The fourth-order valence-corrected chi connectivity index (χ4v) is 3.96. The summed E-state index contributed by atoms with van der Waals surface area (Å²) < 4.78 is 5.62. The molecule has 1 amide bonds. The van der Waals surface area contributed by atoms with Crippen molar-refractivity contribution in [3.63, 3.8) is 0 Å². The van der Waals surface area contributed by atoms with Gasteiger partial charge in [-0.3, -0.25) is 4.79 Å². The number of amides is 1. The zero-order chi connectivity index (χ0) is 25.0. The van der Waals surface area contributed by atoms with Crippen LogP contribution in [0.25, 0.3) is 11.3 Å². The standard InChI is InChI=1S/C25H30N8O2/c1-25(2,3)23-33-32-22(35-23)21(34)30-20-7-5-4-6-15-12-16(8-9-18(15)20)19-10-11-28-24(31-19)29-17(13-26)14-27/h8-14,20,26H,4-7,27H2,1-3H3,(H,30,34)(H,28,29,31)/b17-14+,26-13?. The van der Waals surface area contributed by atoms with E-state index in [4.69, 9.17) is 15.6 Å². The molecular formula is C25H30N8O2. The molecule has 0 aliphatic heterocycles. The summed E-state index contributed by atoms with van der Waals surface area (Å²) in [6, 6.07) is 7.85. The first-order valence-corrected chi connectivity index (χ1v) is 11.6. The van der Waals surface area contributed by atoms with E-state index < -0.39 is 0 Å². The molecule has 2 aromatic heterocycles. The predicted octanol–water partition coefficient (Wildman–Crippen LogP) is 3.88. The molecule has 0 fully saturated rings. The van der Waals surface area contributed by atoms with Gasteiger partial charge in [0.2, 0.25) is 11.8 Å². The van der Waals surface area contributed by atoms with Crippen molar-refractivity contribution in [1.29, 1.82) is 5.41 Å². The Hall–Kier alpha value is -4.08. The van der Waals surface area contributed by atoms with Crippen molar-refractivity contribution < 1.29 is 9.21 Å². The summed E-state index contributed by atoms with van der Waals surface area (Å²) in [6.07, 6.45) is 7.81. The van der Waals surface area contributed by atoms with Gasteiger partial charge in [0.15, 0.2) is 0 Å². The Morgan fingerprint density at radius 3 is 2.77 bits per heavy atom. The van der Waals surface area contributed by atoms with Gasteiger partial charge >= 0.3 is 11.8 Å². The van der Waals surface area contributed by atoms with Crippen LogP contribution in [0.4, 0.5) is 5.95 Å². The first kappa shape index (κ1) is 24.1. The summed E-state index contributed by atoms with van der Waals surface area (Å²) in [4.78, 5) is 21.6. The Balaban J connectivity index is 1.56. The number of carbonyl (C=O) groups is 1. The average molecular weight is 475 g/mol. The highest BCUT2D eigenvalue weighted by Crippen LogP contribution is 2.32. The molecule has 1 aromatic carbocycles. The minimum Gasteiger partial charge on any atom is -0.416 e. The third kappa shape index (κ3) is 5.53. The van der Waals surface area contributed by atoms with Crippen LogP contribution in [0.1, 0.15) is 73.8 Å². The SMILES string of the molecule is CC(C)(C)c1nnc(C(=O)NC2CCCCc3cc(-c4ccnc(N/C(C=N)=C/N)n4)ccc32)o1. The Bertz CT molecular complexity index is 1260. The second-order valence-electron chi connectivity index (χ2n) is 9.50. The number of allylic oxidation sites excluding steroid dienone is 1. The van der Waals surface area contributed by atoms with Crippen LogP contribution in [-0.2, 0) is 11.8 Å². The molecule has 1 unspecified atom stereocenters. The third-order valence-corrected chi connectivity index (χ3v) is 5.82. The fourth-order valence-electron chi connectivity index (χ4n) is 3.96. The van der Waals surface area contributed by atoms with Gasteiger partial charge in [-0.2, -0.15) is 0 Å². The van der Waals surface area contributed by atoms with E-state index in [1.54, 1.807) is 6.20 Å². The van der Waals surface area contributed by atoms with E-state index in [-0.39, 0.29) is 23.3 Å². The van der Waals surface area contributed by atoms with Crippen molar-refractivity contribution in [2.45, 2.75) is 57.9 Å². The number of hydrogen-bond acceptors (Lipinski definition) is 9. The van der Waals surface area contributed by atoms with Crippen LogP contribution in [0.3, 0.4) is 0 Å². The maximum absolute atomic E-state index is 12.9. The summed E-state index contributed by atoms with van der Waals surface area (Å²) in [5.74, 6) is 0.407. The van der Waals surface area contributed by atoms with E-state index in [9.17, 15) is 4.79 Å². The second-order valence-corrected chi connectivity index (χ2v) is 9.50. The number of nitrogens with zero attached hydrogens (tertiary/aromatic N) is 4. The number of hydrogen-bond donors (Lipinski definition) is 4. The lowest BCUT2D eigenvalue weighted by Crippen LogP contribution is -2.29. The largest absolute Gasteiger partial charge is 0.416 e. The second kappa shape index (κ2) is 10.0. The molecule has 5 N–H and O–H groups in total. The van der Waals surface area contributed by atoms with E-state index in [2.05, 4.69) is 36.9 Å². The average Bonchev–Trinajstić information content (AvgIpc) is 3.28. The van der Waals surface area contributed by atoms with Crippen molar-refractivity contribution >= 4 is 18.1 Å². The van der Waals surface area contributed by atoms with Gasteiger partial charge in [-0.15, -0.1) is 10.2 Å². The van der Waals surface area contributed by atoms with Gasteiger partial charge in [-0.05, 0) is 42.5 Å². The monoisotopic (exact) mass is 474 g/mol. The Labute approximate surface area is 204 Å². The lowest BCUT2D eigenvalue weighted by atomic mass is 9.95. The van der Waals surface area contributed by atoms with E-state index >= 15 is 0 Å². The summed E-state index contributed by atoms with van der Waals surface area (Å²) in [6.45, 7) is 5.87. The van der Waals surface area contributed by atoms with Crippen molar-refractivity contribution in [1.82, 2.24) is 25.5 Å². The predicted molar refractivity (Wildman–Crippen MR) is 133 cm³/mol. The van der Waals surface area contributed by atoms with Gasteiger partial charge in [0.25, 0.3) is 0 Å². The molecule has 10 nitrogen and oxygen atoms in total. The van der Waals surface area contributed by atoms with Gasteiger partial charge in [0.05, 0.1) is 17.4 Å². The highest BCUT2D eigenvalue weighted by molar-refractivity contribution is 5.89. The molecule has 0 saturated carbocycles. The molecule has 3 aromatic rings. The molecule has 2 heterocycles. The lowest BCUT2D eigenvalue weighted by Gasteiger charge is -2.19. The number of anilines is 1. The number of aryl methyl sites for hydroxylation is 1. The maximum Gasteiger partial charge on any atom is 0.309 e. The van der Waals surface area contributed by atoms with Gasteiger partial charge in [-0.1, -0.05) is 39.3 Å². The number of carbonyl (C=O) groups excluding carboxylic acids is 1. The quantitative estimate of drug-likeness (QED) is 0.310. The maximum atomic E-state index is 12.9. The number of rotatable bonds is 6. The smallest absolute Gasteiger partial charge is 0.309 e. The molecule has 0 saturated heterocycles. The molecule has 1 aliphatic rings. The molecule has 0 radical (unpaired) electrons. The van der Waals surface area contributed by atoms with E-state index in [1.165, 1.54) is 11.8 Å². The minimum absolute atomic E-state index is 0.0193. The zero-order valence-electron chi connectivity index (χ0n) is 20.1. The first-order chi connectivity index (χ1) is 16.8. The normalized spacial score (nSPS) is 16.2. The minimum atomic E-state index is -0.364. The first-order valence-electron chi connectivity index (χ1n) is 11.6. The van der Waals surface area contributed by atoms with Crippen molar-refractivity contribution in [2.24, 2.45) is 5.73 Å². The number of fused-ring (bicyclic) bond motifs is 1. The molecule has 1 aliphatic carbocycles. The summed E-state index contributed by atoms with van der Waals surface area (Å²) >= 11 is 0. The van der Waals surface area contributed by atoms with Gasteiger partial charge < -0.3 is 26.2 Å². The summed E-state index contributed by atoms with van der Waals surface area (Å²) in [5, 5.41) is 21.4. The van der Waals surface area contributed by atoms with Crippen LogP contribution < -0.4 is 16.4 Å². The van der Waals surface area contributed by atoms with Gasteiger partial charge in [0.1, 0.15) is 0 Å². The van der Waals surface area contributed by atoms with E-state index in [1.807, 2.05) is 39.0 Å². The topological polar surface area (TPSA) is 156 Å². The van der Waals surface area contributed by atoms with E-state index in [0.29, 0.717) is 17.5 Å². The highest BCUT2D eigenvalue weighted by atomic mass is 16.4. The van der Waals surface area contributed by atoms with Crippen molar-refractivity contribution in [3.8, 4) is 11.3 Å². The Kier molecular flexibility index (Phi) is 6.90. The molecule has 4 rings (SSSR count). The van der Waals surface area contributed by atoms with Crippen molar-refractivity contribution in [2.75, 3.05) is 5.32 Å². The van der Waals surface area contributed by atoms with Crippen molar-refractivity contribution in [3.05, 3.63) is 65.3 Å². The molecule has 0 spiro atoms. The van der Waals surface area contributed by atoms with Crippen LogP contribution in [0.2, 0.25) is 0 Å².